The van der Waals surface area contributed by atoms with Crippen molar-refractivity contribution in [2.75, 3.05) is 13.1 Å². The van der Waals surface area contributed by atoms with Crippen molar-refractivity contribution in [2.45, 2.75) is 19.4 Å². The second kappa shape index (κ2) is 6.47. The van der Waals surface area contributed by atoms with Crippen molar-refractivity contribution in [3.63, 3.8) is 0 Å². The molecule has 25 heavy (non-hydrogen) atoms. The first-order chi connectivity index (χ1) is 12.2. The highest BCUT2D eigenvalue weighted by atomic mass is 16.5. The van der Waals surface area contributed by atoms with Gasteiger partial charge in [-0.1, -0.05) is 18.2 Å². The molecule has 6 nitrogen and oxygen atoms in total. The summed E-state index contributed by atoms with van der Waals surface area (Å²) in [6.07, 6.45) is 2.27. The Morgan fingerprint density at radius 1 is 1.12 bits per heavy atom. The summed E-state index contributed by atoms with van der Waals surface area (Å²) < 4.78 is 5.90. The molecule has 1 amide bonds. The van der Waals surface area contributed by atoms with E-state index in [1.54, 1.807) is 11.1 Å². The first kappa shape index (κ1) is 15.5. The number of hydrogen-bond acceptors (Lipinski definition) is 5. The molecule has 0 N–H and O–H groups in total. The van der Waals surface area contributed by atoms with Gasteiger partial charge in [-0.15, -0.1) is 0 Å². The Bertz CT molecular complexity index is 928. The lowest BCUT2D eigenvalue weighted by Gasteiger charge is -2.16. The van der Waals surface area contributed by atoms with Crippen molar-refractivity contribution in [1.29, 1.82) is 0 Å². The average Bonchev–Trinajstić information content (AvgIpc) is 3.09. The molecule has 1 aliphatic rings. The number of pyridine rings is 1. The van der Waals surface area contributed by atoms with Crippen LogP contribution in [0.3, 0.4) is 0 Å². The lowest BCUT2D eigenvalue weighted by molar-refractivity contribution is 0.0765. The molecule has 2 aromatic heterocycles. The molecule has 1 atom stereocenters. The molecule has 0 radical (unpaired) electrons. The Labute approximate surface area is 145 Å². The summed E-state index contributed by atoms with van der Waals surface area (Å²) in [4.78, 5) is 27.6. The minimum absolute atomic E-state index is 0.0494. The van der Waals surface area contributed by atoms with Gasteiger partial charge in [-0.3, -0.25) is 9.78 Å². The van der Waals surface area contributed by atoms with Crippen LogP contribution in [0.15, 0.2) is 48.7 Å². The molecule has 1 saturated heterocycles. The monoisotopic (exact) mass is 334 g/mol. The lowest BCUT2D eigenvalue weighted by atomic mass is 10.3. The second-order valence-corrected chi connectivity index (χ2v) is 6.14. The van der Waals surface area contributed by atoms with Crippen molar-refractivity contribution in [3.05, 3.63) is 60.0 Å². The Morgan fingerprint density at radius 3 is 2.80 bits per heavy atom. The van der Waals surface area contributed by atoms with Gasteiger partial charge < -0.3 is 9.64 Å². The largest absolute Gasteiger partial charge is 0.472 e. The molecule has 1 unspecified atom stereocenters. The van der Waals surface area contributed by atoms with Gasteiger partial charge in [0.25, 0.3) is 5.91 Å². The number of amides is 1. The fourth-order valence-corrected chi connectivity index (χ4v) is 2.99. The number of aryl methyl sites for hydroxylation is 1. The first-order valence-electron chi connectivity index (χ1n) is 8.30. The van der Waals surface area contributed by atoms with E-state index in [4.69, 9.17) is 4.74 Å². The Balaban J connectivity index is 1.46. The zero-order valence-corrected chi connectivity index (χ0v) is 13.9. The second-order valence-electron chi connectivity index (χ2n) is 6.14. The maximum absolute atomic E-state index is 12.7. The Morgan fingerprint density at radius 2 is 1.96 bits per heavy atom. The number of ether oxygens (including phenoxy) is 1. The number of aromatic nitrogens is 3. The van der Waals surface area contributed by atoms with Crippen molar-refractivity contribution >= 4 is 16.9 Å². The molecule has 0 spiro atoms. The smallest absolute Gasteiger partial charge is 0.274 e. The summed E-state index contributed by atoms with van der Waals surface area (Å²) in [5.74, 6) is 0.492. The van der Waals surface area contributed by atoms with E-state index in [0.717, 1.165) is 23.1 Å². The third kappa shape index (κ3) is 3.28. The number of hydrogen-bond donors (Lipinski definition) is 0. The van der Waals surface area contributed by atoms with Gasteiger partial charge in [-0.25, -0.2) is 9.97 Å². The molecule has 0 saturated carbocycles. The van der Waals surface area contributed by atoms with E-state index in [1.165, 1.54) is 0 Å². The van der Waals surface area contributed by atoms with Crippen molar-refractivity contribution in [3.8, 4) is 5.88 Å². The highest BCUT2D eigenvalue weighted by molar-refractivity contribution is 5.94. The third-order valence-corrected chi connectivity index (χ3v) is 4.25. The normalized spacial score (nSPS) is 17.0. The van der Waals surface area contributed by atoms with Crippen LogP contribution in [-0.4, -0.2) is 45.0 Å². The first-order valence-corrected chi connectivity index (χ1v) is 8.30. The lowest BCUT2D eigenvalue weighted by Crippen LogP contribution is -2.31. The van der Waals surface area contributed by atoms with E-state index in [-0.39, 0.29) is 12.0 Å². The van der Waals surface area contributed by atoms with Crippen LogP contribution in [0.25, 0.3) is 11.0 Å². The van der Waals surface area contributed by atoms with Crippen LogP contribution in [0.5, 0.6) is 5.88 Å². The summed E-state index contributed by atoms with van der Waals surface area (Å²) in [6, 6.07) is 13.2. The van der Waals surface area contributed by atoms with E-state index in [1.807, 2.05) is 49.4 Å². The summed E-state index contributed by atoms with van der Waals surface area (Å²) in [5, 5.41) is 0. The molecule has 1 aromatic carbocycles. The van der Waals surface area contributed by atoms with Gasteiger partial charge in [0.2, 0.25) is 5.88 Å². The minimum Gasteiger partial charge on any atom is -0.472 e. The van der Waals surface area contributed by atoms with Crippen LogP contribution in [0, 0.1) is 6.92 Å². The summed E-state index contributed by atoms with van der Waals surface area (Å²) in [7, 11) is 0. The number of rotatable bonds is 3. The molecule has 0 bridgehead atoms. The van der Waals surface area contributed by atoms with E-state index in [9.17, 15) is 4.79 Å². The number of nitrogens with zero attached hydrogens (tertiary/aromatic N) is 4. The van der Waals surface area contributed by atoms with Gasteiger partial charge in [0.1, 0.15) is 11.8 Å². The molecule has 3 aromatic rings. The van der Waals surface area contributed by atoms with Crippen LogP contribution in [0.4, 0.5) is 0 Å². The van der Waals surface area contributed by atoms with Gasteiger partial charge in [-0.05, 0) is 25.1 Å². The van der Waals surface area contributed by atoms with Crippen LogP contribution >= 0.6 is 0 Å². The zero-order valence-electron chi connectivity index (χ0n) is 13.9. The number of para-hydroxylation sites is 2. The molecule has 4 rings (SSSR count). The van der Waals surface area contributed by atoms with Crippen molar-refractivity contribution in [2.24, 2.45) is 0 Å². The van der Waals surface area contributed by atoms with Crippen LogP contribution in [-0.2, 0) is 0 Å². The van der Waals surface area contributed by atoms with Gasteiger partial charge in [0.05, 0.1) is 23.8 Å². The average molecular weight is 334 g/mol. The minimum atomic E-state index is -0.110. The molecular formula is C19H18N4O2. The van der Waals surface area contributed by atoms with E-state index in [2.05, 4.69) is 15.0 Å². The molecule has 126 valence electrons. The quantitative estimate of drug-likeness (QED) is 0.736. The molecular weight excluding hydrogens is 316 g/mol. The molecule has 1 aliphatic heterocycles. The maximum Gasteiger partial charge on any atom is 0.274 e. The predicted molar refractivity (Wildman–Crippen MR) is 93.4 cm³/mol. The Hall–Kier alpha value is -3.02. The van der Waals surface area contributed by atoms with Crippen LogP contribution in [0.2, 0.25) is 0 Å². The SMILES string of the molecule is Cc1cccc(OC2CCN(C(=O)c3cnc4ccccc4n3)C2)n1. The van der Waals surface area contributed by atoms with E-state index in [0.29, 0.717) is 24.7 Å². The third-order valence-electron chi connectivity index (χ3n) is 4.25. The number of likely N-dealkylation sites (tertiary alicyclic amines) is 1. The highest BCUT2D eigenvalue weighted by Crippen LogP contribution is 2.19. The van der Waals surface area contributed by atoms with Gasteiger partial charge in [0.15, 0.2) is 0 Å². The van der Waals surface area contributed by atoms with Crippen LogP contribution < -0.4 is 4.74 Å². The molecule has 0 aliphatic carbocycles. The Kier molecular flexibility index (Phi) is 4.01. The topological polar surface area (TPSA) is 68.2 Å². The van der Waals surface area contributed by atoms with E-state index < -0.39 is 0 Å². The number of carbonyl (C=O) groups is 1. The summed E-state index contributed by atoms with van der Waals surface area (Å²) in [5.41, 5.74) is 2.79. The number of benzene rings is 1. The van der Waals surface area contributed by atoms with Crippen molar-refractivity contribution in [1.82, 2.24) is 19.9 Å². The summed E-state index contributed by atoms with van der Waals surface area (Å²) in [6.45, 7) is 3.10. The van der Waals surface area contributed by atoms with E-state index >= 15 is 0 Å². The standard InChI is InChI=1S/C19H18N4O2/c1-13-5-4-8-18(21-13)25-14-9-10-23(12-14)19(24)17-11-20-15-6-2-3-7-16(15)22-17/h2-8,11,14H,9-10,12H2,1H3. The molecule has 6 heteroatoms. The number of fused-ring (bicyclic) bond motifs is 1. The summed E-state index contributed by atoms with van der Waals surface area (Å²) >= 11 is 0. The van der Waals surface area contributed by atoms with Gasteiger partial charge in [-0.2, -0.15) is 0 Å². The predicted octanol–water partition coefficient (Wildman–Crippen LogP) is 2.63. The van der Waals surface area contributed by atoms with Crippen LogP contribution in [0.1, 0.15) is 22.6 Å². The fraction of sp³-hybridized carbons (Fsp3) is 0.263. The van der Waals surface area contributed by atoms with Crippen molar-refractivity contribution < 1.29 is 9.53 Å². The molecule has 1 fully saturated rings. The fourth-order valence-electron chi connectivity index (χ4n) is 2.99. The highest BCUT2D eigenvalue weighted by Gasteiger charge is 2.29. The maximum atomic E-state index is 12.7. The van der Waals surface area contributed by atoms with Gasteiger partial charge >= 0.3 is 0 Å². The van der Waals surface area contributed by atoms with Gasteiger partial charge in [0, 0.05) is 24.7 Å². The molecule has 3 heterocycles. The number of carbonyl (C=O) groups excluding carboxylic acids is 1. The zero-order chi connectivity index (χ0) is 17.2.